The van der Waals surface area contributed by atoms with Gasteiger partial charge in [-0.3, -0.25) is 0 Å². The molecule has 1 aromatic heterocycles. The van der Waals surface area contributed by atoms with Crippen LogP contribution in [0.4, 0.5) is 4.39 Å². The summed E-state index contributed by atoms with van der Waals surface area (Å²) >= 11 is 0. The molecule has 0 spiro atoms. The molecule has 4 nitrogen and oxygen atoms in total. The number of carboxylic acids is 1. The van der Waals surface area contributed by atoms with Gasteiger partial charge in [0, 0.05) is 23.1 Å². The molecule has 1 aliphatic rings. The maximum Gasteiger partial charge on any atom is 0.337 e. The monoisotopic (exact) mass is 325 g/mol. The number of H-pyrrole nitrogens is 1. The van der Waals surface area contributed by atoms with Gasteiger partial charge in [-0.05, 0) is 36.1 Å². The zero-order valence-electron chi connectivity index (χ0n) is 12.8. The van der Waals surface area contributed by atoms with E-state index < -0.39 is 12.1 Å². The highest BCUT2D eigenvalue weighted by molar-refractivity contribution is 6.09. The lowest BCUT2D eigenvalue weighted by Crippen LogP contribution is -2.17. The van der Waals surface area contributed by atoms with E-state index >= 15 is 0 Å². The first-order valence-corrected chi connectivity index (χ1v) is 7.89. The number of benzene rings is 2. The third kappa shape index (κ3) is 2.20. The summed E-state index contributed by atoms with van der Waals surface area (Å²) in [6.45, 7) is 0. The second-order valence-electron chi connectivity index (χ2n) is 6.17. The van der Waals surface area contributed by atoms with Gasteiger partial charge >= 0.3 is 5.97 Å². The van der Waals surface area contributed by atoms with E-state index in [1.54, 1.807) is 24.3 Å². The highest BCUT2D eigenvalue weighted by atomic mass is 19.1. The first-order chi connectivity index (χ1) is 11.6. The van der Waals surface area contributed by atoms with Gasteiger partial charge in [0.2, 0.25) is 0 Å². The summed E-state index contributed by atoms with van der Waals surface area (Å²) in [4.78, 5) is 14.8. The Morgan fingerprint density at radius 2 is 1.96 bits per heavy atom. The van der Waals surface area contributed by atoms with Crippen LogP contribution >= 0.6 is 0 Å². The van der Waals surface area contributed by atoms with Crippen LogP contribution in [-0.4, -0.2) is 27.3 Å². The number of halogens is 1. The van der Waals surface area contributed by atoms with Crippen LogP contribution in [0.2, 0.25) is 0 Å². The molecular weight excluding hydrogens is 309 g/mol. The Morgan fingerprint density at radius 1 is 1.17 bits per heavy atom. The minimum absolute atomic E-state index is 0.161. The summed E-state index contributed by atoms with van der Waals surface area (Å²) in [6, 6.07) is 9.61. The molecule has 0 bridgehead atoms. The Morgan fingerprint density at radius 3 is 2.71 bits per heavy atom. The summed E-state index contributed by atoms with van der Waals surface area (Å²) < 4.78 is 14.3. The number of hydrogen-bond acceptors (Lipinski definition) is 2. The van der Waals surface area contributed by atoms with E-state index in [4.69, 9.17) is 0 Å². The summed E-state index contributed by atoms with van der Waals surface area (Å²) in [6.07, 6.45) is 1.27. The SMILES string of the molecule is O=C(O)c1ccc(-c2ccccc2F)c2c3c([nH]c12)CCC(O)C3. The fourth-order valence-electron chi connectivity index (χ4n) is 3.59. The lowest BCUT2D eigenvalue weighted by atomic mass is 9.89. The number of aliphatic hydroxyl groups excluding tert-OH is 1. The Kier molecular flexibility index (Phi) is 3.39. The predicted octanol–water partition coefficient (Wildman–Crippen LogP) is 3.52. The van der Waals surface area contributed by atoms with Gasteiger partial charge in [0.25, 0.3) is 0 Å². The lowest BCUT2D eigenvalue weighted by molar-refractivity contribution is 0.0699. The van der Waals surface area contributed by atoms with E-state index in [-0.39, 0.29) is 11.4 Å². The number of aromatic nitrogens is 1. The molecule has 1 atom stereocenters. The fraction of sp³-hybridized carbons (Fsp3) is 0.211. The molecule has 0 radical (unpaired) electrons. The van der Waals surface area contributed by atoms with Crippen LogP contribution in [-0.2, 0) is 12.8 Å². The largest absolute Gasteiger partial charge is 0.478 e. The van der Waals surface area contributed by atoms with Gasteiger partial charge < -0.3 is 15.2 Å². The van der Waals surface area contributed by atoms with Crippen LogP contribution in [0.3, 0.4) is 0 Å². The molecule has 0 aliphatic heterocycles. The number of carbonyl (C=O) groups is 1. The van der Waals surface area contributed by atoms with E-state index in [1.165, 1.54) is 12.1 Å². The van der Waals surface area contributed by atoms with Crippen molar-refractivity contribution >= 4 is 16.9 Å². The average molecular weight is 325 g/mol. The topological polar surface area (TPSA) is 73.3 Å². The summed E-state index contributed by atoms with van der Waals surface area (Å²) in [5.41, 5.74) is 3.57. The number of aryl methyl sites for hydroxylation is 1. The molecule has 0 saturated carbocycles. The molecule has 5 heteroatoms. The quantitative estimate of drug-likeness (QED) is 0.675. The van der Waals surface area contributed by atoms with Crippen LogP contribution in [0.1, 0.15) is 28.0 Å². The van der Waals surface area contributed by atoms with Crippen molar-refractivity contribution in [1.82, 2.24) is 4.98 Å². The third-order valence-electron chi connectivity index (χ3n) is 4.71. The van der Waals surface area contributed by atoms with Gasteiger partial charge in [0.1, 0.15) is 5.82 Å². The van der Waals surface area contributed by atoms with Crippen LogP contribution in [0.5, 0.6) is 0 Å². The average Bonchev–Trinajstić information content (AvgIpc) is 2.93. The second kappa shape index (κ2) is 5.46. The van der Waals surface area contributed by atoms with Gasteiger partial charge in [-0.2, -0.15) is 0 Å². The number of hydrogen-bond donors (Lipinski definition) is 3. The van der Waals surface area contributed by atoms with Gasteiger partial charge in [0.15, 0.2) is 0 Å². The molecular formula is C19H16FNO3. The first-order valence-electron chi connectivity index (χ1n) is 7.89. The molecule has 0 fully saturated rings. The predicted molar refractivity (Wildman–Crippen MR) is 88.7 cm³/mol. The van der Waals surface area contributed by atoms with Crippen molar-refractivity contribution in [3.05, 3.63) is 59.0 Å². The van der Waals surface area contributed by atoms with E-state index in [2.05, 4.69) is 4.98 Å². The van der Waals surface area contributed by atoms with Gasteiger partial charge in [-0.1, -0.05) is 24.3 Å². The maximum absolute atomic E-state index is 14.3. The molecule has 24 heavy (non-hydrogen) atoms. The minimum atomic E-state index is -1.03. The van der Waals surface area contributed by atoms with E-state index in [9.17, 15) is 19.4 Å². The fourth-order valence-corrected chi connectivity index (χ4v) is 3.59. The van der Waals surface area contributed by atoms with Crippen LogP contribution in [0, 0.1) is 5.82 Å². The second-order valence-corrected chi connectivity index (χ2v) is 6.17. The Balaban J connectivity index is 2.08. The summed E-state index contributed by atoms with van der Waals surface area (Å²) in [7, 11) is 0. The van der Waals surface area contributed by atoms with Crippen molar-refractivity contribution in [1.29, 1.82) is 0 Å². The summed E-state index contributed by atoms with van der Waals surface area (Å²) in [5.74, 6) is -1.38. The van der Waals surface area contributed by atoms with Crippen molar-refractivity contribution in [2.45, 2.75) is 25.4 Å². The molecule has 1 aliphatic carbocycles. The maximum atomic E-state index is 14.3. The number of aromatic carboxylic acids is 1. The molecule has 1 unspecified atom stereocenters. The van der Waals surface area contributed by atoms with Crippen LogP contribution in [0.25, 0.3) is 22.0 Å². The van der Waals surface area contributed by atoms with Gasteiger partial charge in [-0.25, -0.2) is 9.18 Å². The number of fused-ring (bicyclic) bond motifs is 3. The van der Waals surface area contributed by atoms with Crippen molar-refractivity contribution in [3.63, 3.8) is 0 Å². The number of nitrogens with one attached hydrogen (secondary N) is 1. The zero-order chi connectivity index (χ0) is 16.8. The Hall–Kier alpha value is -2.66. The van der Waals surface area contributed by atoms with E-state index in [0.717, 1.165) is 11.3 Å². The van der Waals surface area contributed by atoms with E-state index in [1.807, 2.05) is 0 Å². The number of aromatic amines is 1. The standard InChI is InChI=1S/C19H16FNO3/c20-15-4-2-1-3-11(15)12-6-7-13(19(23)24)18-17(12)14-9-10(22)5-8-16(14)21-18/h1-4,6-7,10,21-22H,5,8-9H2,(H,23,24). The summed E-state index contributed by atoms with van der Waals surface area (Å²) in [5, 5.41) is 20.2. The highest BCUT2D eigenvalue weighted by Gasteiger charge is 2.26. The lowest BCUT2D eigenvalue weighted by Gasteiger charge is -2.18. The Bertz CT molecular complexity index is 961. The molecule has 2 aromatic carbocycles. The number of rotatable bonds is 2. The van der Waals surface area contributed by atoms with Gasteiger partial charge in [0.05, 0.1) is 17.2 Å². The number of carboxylic acid groups (broad SMARTS) is 1. The molecule has 122 valence electrons. The molecule has 0 amide bonds. The van der Waals surface area contributed by atoms with Crippen molar-refractivity contribution in [2.24, 2.45) is 0 Å². The van der Waals surface area contributed by atoms with Crippen LogP contribution in [0.15, 0.2) is 36.4 Å². The number of aliphatic hydroxyl groups is 1. The minimum Gasteiger partial charge on any atom is -0.478 e. The van der Waals surface area contributed by atoms with Crippen molar-refractivity contribution in [3.8, 4) is 11.1 Å². The van der Waals surface area contributed by atoms with Gasteiger partial charge in [-0.15, -0.1) is 0 Å². The van der Waals surface area contributed by atoms with Crippen molar-refractivity contribution < 1.29 is 19.4 Å². The van der Waals surface area contributed by atoms with Crippen molar-refractivity contribution in [2.75, 3.05) is 0 Å². The third-order valence-corrected chi connectivity index (χ3v) is 4.71. The van der Waals surface area contributed by atoms with Crippen LogP contribution < -0.4 is 0 Å². The first kappa shape index (κ1) is 14.9. The smallest absolute Gasteiger partial charge is 0.337 e. The Labute approximate surface area is 137 Å². The zero-order valence-corrected chi connectivity index (χ0v) is 12.8. The molecule has 1 heterocycles. The molecule has 3 aromatic rings. The molecule has 3 N–H and O–H groups in total. The molecule has 0 saturated heterocycles. The molecule has 4 rings (SSSR count). The normalized spacial score (nSPS) is 17.0. The van der Waals surface area contributed by atoms with E-state index in [0.29, 0.717) is 41.3 Å². The highest BCUT2D eigenvalue weighted by Crippen LogP contribution is 2.38.